The number of nitrogens with two attached hydrogens (primary N) is 1. The Labute approximate surface area is 185 Å². The van der Waals surface area contributed by atoms with Crippen LogP contribution in [0.3, 0.4) is 0 Å². The molecule has 2 aromatic heterocycles. The Hall–Kier alpha value is -3.84. The smallest absolute Gasteiger partial charge is 0.237 e. The Balaban J connectivity index is 0.000000775. The van der Waals surface area contributed by atoms with Crippen LogP contribution in [0.1, 0.15) is 20.3 Å². The van der Waals surface area contributed by atoms with Gasteiger partial charge in [-0.2, -0.15) is 10.2 Å². The first-order chi connectivity index (χ1) is 15.6. The second kappa shape index (κ2) is 9.11. The zero-order chi connectivity index (χ0) is 22.7. The van der Waals surface area contributed by atoms with E-state index in [0.717, 1.165) is 17.8 Å². The van der Waals surface area contributed by atoms with Crippen molar-refractivity contribution in [1.29, 1.82) is 5.26 Å². The molecule has 4 heterocycles. The third-order valence-electron chi connectivity index (χ3n) is 5.27. The van der Waals surface area contributed by atoms with Crippen molar-refractivity contribution >= 4 is 17.3 Å². The number of ether oxygens (including phenoxy) is 1. The van der Waals surface area contributed by atoms with Crippen molar-refractivity contribution in [2.45, 2.75) is 32.4 Å². The second-order valence-corrected chi connectivity index (χ2v) is 7.29. The fourth-order valence-electron chi connectivity index (χ4n) is 3.74. The molecule has 0 aliphatic carbocycles. The molecule has 5 rings (SSSR count). The maximum absolute atomic E-state index is 13.3. The van der Waals surface area contributed by atoms with Crippen molar-refractivity contribution in [2.75, 3.05) is 18.1 Å². The van der Waals surface area contributed by atoms with Gasteiger partial charge in [0, 0.05) is 24.9 Å². The lowest BCUT2D eigenvalue weighted by Gasteiger charge is -2.44. The van der Waals surface area contributed by atoms with Gasteiger partial charge in [0.2, 0.25) is 5.95 Å². The molecule has 10 heteroatoms. The normalized spacial score (nSPS) is 17.4. The number of aromatic nitrogens is 4. The highest BCUT2D eigenvalue weighted by Crippen LogP contribution is 2.36. The number of rotatable bonds is 4. The maximum atomic E-state index is 13.3. The number of anilines is 1. The number of hydrogen-bond acceptors (Lipinski definition) is 8. The molecule has 3 aromatic rings. The Morgan fingerprint density at radius 2 is 1.97 bits per heavy atom. The van der Waals surface area contributed by atoms with E-state index >= 15 is 0 Å². The Morgan fingerprint density at radius 3 is 2.59 bits per heavy atom. The highest BCUT2D eigenvalue weighted by molar-refractivity contribution is 5.95. The van der Waals surface area contributed by atoms with Gasteiger partial charge < -0.3 is 15.4 Å². The number of hydrogen-bond donors (Lipinski definition) is 1. The van der Waals surface area contributed by atoms with Gasteiger partial charge >= 0.3 is 0 Å². The third-order valence-corrected chi connectivity index (χ3v) is 5.27. The van der Waals surface area contributed by atoms with Gasteiger partial charge in [-0.1, -0.05) is 6.92 Å². The SMILES string of the molecule is CC#N.CC[C@@H]1C(N)=Nc2cnc(-n3ccnc3-c3ccc(F)cc3)nc2N1C1COC1. The van der Waals surface area contributed by atoms with E-state index in [1.54, 1.807) is 41.4 Å². The summed E-state index contributed by atoms with van der Waals surface area (Å²) in [5, 5.41) is 7.32. The molecule has 0 radical (unpaired) electrons. The number of amidine groups is 1. The minimum absolute atomic E-state index is 0.0292. The molecule has 9 nitrogen and oxygen atoms in total. The van der Waals surface area contributed by atoms with Gasteiger partial charge in [-0.05, 0) is 30.7 Å². The molecule has 0 unspecified atom stereocenters. The minimum Gasteiger partial charge on any atom is -0.385 e. The quantitative estimate of drug-likeness (QED) is 0.670. The monoisotopic (exact) mass is 434 g/mol. The summed E-state index contributed by atoms with van der Waals surface area (Å²) in [5.74, 6) is 2.11. The molecule has 32 heavy (non-hydrogen) atoms. The fraction of sp³-hybridized carbons (Fsp3) is 0.318. The summed E-state index contributed by atoms with van der Waals surface area (Å²) in [6, 6.07) is 8.10. The van der Waals surface area contributed by atoms with Gasteiger partial charge in [0.15, 0.2) is 5.82 Å². The standard InChI is InChI=1S/C20H20FN7O.C2H3N/c1-2-16-17(22)25-15-9-24-20(26-19(15)28(16)14-10-29-11-14)27-8-7-23-18(27)12-3-5-13(21)6-4-12;1-2-3/h3-9,14,16H,2,10-11H2,1H3,(H2,22,25);1H3/t16-;/m1./s1. The predicted octanol–water partition coefficient (Wildman–Crippen LogP) is 2.98. The molecular formula is C22H23FN8O. The number of nitriles is 1. The molecule has 1 fully saturated rings. The van der Waals surface area contributed by atoms with Crippen LogP contribution < -0.4 is 10.6 Å². The van der Waals surface area contributed by atoms with Crippen molar-refractivity contribution in [3.8, 4) is 23.4 Å². The topological polar surface area (TPSA) is 118 Å². The molecule has 1 atom stereocenters. The van der Waals surface area contributed by atoms with E-state index in [9.17, 15) is 4.39 Å². The van der Waals surface area contributed by atoms with Gasteiger partial charge in [-0.3, -0.25) is 4.57 Å². The van der Waals surface area contributed by atoms with Crippen molar-refractivity contribution in [1.82, 2.24) is 19.5 Å². The maximum Gasteiger partial charge on any atom is 0.237 e. The summed E-state index contributed by atoms with van der Waals surface area (Å²) in [5.41, 5.74) is 7.64. The number of imidazole rings is 1. The minimum atomic E-state index is -0.295. The van der Waals surface area contributed by atoms with E-state index in [2.05, 4.69) is 26.8 Å². The summed E-state index contributed by atoms with van der Waals surface area (Å²) in [4.78, 5) is 20.4. The number of fused-ring (bicyclic) bond motifs is 1. The average molecular weight is 434 g/mol. The van der Waals surface area contributed by atoms with E-state index in [-0.39, 0.29) is 17.9 Å². The highest BCUT2D eigenvalue weighted by Gasteiger charge is 2.38. The zero-order valence-corrected chi connectivity index (χ0v) is 17.8. The van der Waals surface area contributed by atoms with E-state index < -0.39 is 0 Å². The highest BCUT2D eigenvalue weighted by atomic mass is 19.1. The number of halogens is 1. The van der Waals surface area contributed by atoms with Crippen LogP contribution in [-0.4, -0.2) is 50.7 Å². The average Bonchev–Trinajstić information content (AvgIpc) is 3.23. The Morgan fingerprint density at radius 1 is 1.25 bits per heavy atom. The summed E-state index contributed by atoms with van der Waals surface area (Å²) in [7, 11) is 0. The van der Waals surface area contributed by atoms with Crippen LogP contribution in [-0.2, 0) is 4.74 Å². The number of benzene rings is 1. The lowest BCUT2D eigenvalue weighted by molar-refractivity contribution is 0.00612. The fourth-order valence-corrected chi connectivity index (χ4v) is 3.74. The first kappa shape index (κ1) is 21.4. The summed E-state index contributed by atoms with van der Waals surface area (Å²) in [6.07, 6.45) is 5.95. The van der Waals surface area contributed by atoms with Crippen LogP contribution in [0, 0.1) is 17.1 Å². The van der Waals surface area contributed by atoms with Gasteiger partial charge in [0.05, 0.1) is 37.6 Å². The van der Waals surface area contributed by atoms with E-state index in [1.807, 2.05) is 0 Å². The molecule has 0 spiro atoms. The van der Waals surface area contributed by atoms with Gasteiger partial charge in [0.25, 0.3) is 0 Å². The molecule has 1 aromatic carbocycles. The van der Waals surface area contributed by atoms with Gasteiger partial charge in [-0.25, -0.2) is 19.4 Å². The molecule has 2 N–H and O–H groups in total. The van der Waals surface area contributed by atoms with Crippen LogP contribution in [0.25, 0.3) is 17.3 Å². The van der Waals surface area contributed by atoms with Crippen LogP contribution in [0.5, 0.6) is 0 Å². The second-order valence-electron chi connectivity index (χ2n) is 7.29. The van der Waals surface area contributed by atoms with Crippen molar-refractivity contribution < 1.29 is 9.13 Å². The molecule has 0 amide bonds. The predicted molar refractivity (Wildman–Crippen MR) is 118 cm³/mol. The molecular weight excluding hydrogens is 411 g/mol. The summed E-state index contributed by atoms with van der Waals surface area (Å²) >= 11 is 0. The first-order valence-corrected chi connectivity index (χ1v) is 10.2. The van der Waals surface area contributed by atoms with Crippen molar-refractivity contribution in [3.63, 3.8) is 0 Å². The first-order valence-electron chi connectivity index (χ1n) is 10.2. The lowest BCUT2D eigenvalue weighted by atomic mass is 10.1. The summed E-state index contributed by atoms with van der Waals surface area (Å²) < 4.78 is 20.5. The van der Waals surface area contributed by atoms with Gasteiger partial charge in [0.1, 0.15) is 23.2 Å². The van der Waals surface area contributed by atoms with Gasteiger partial charge in [-0.15, -0.1) is 0 Å². The molecule has 0 saturated carbocycles. The molecule has 0 bridgehead atoms. The molecule has 2 aliphatic rings. The Bertz CT molecular complexity index is 1160. The van der Waals surface area contributed by atoms with Crippen molar-refractivity contribution in [2.24, 2.45) is 10.7 Å². The third kappa shape index (κ3) is 3.90. The van der Waals surface area contributed by atoms with Crippen molar-refractivity contribution in [3.05, 3.63) is 48.7 Å². The number of nitrogens with zero attached hydrogens (tertiary/aromatic N) is 7. The van der Waals surface area contributed by atoms with E-state index in [4.69, 9.17) is 20.7 Å². The largest absolute Gasteiger partial charge is 0.385 e. The Kier molecular flexibility index (Phi) is 6.09. The van der Waals surface area contributed by atoms with Crippen LogP contribution in [0.15, 0.2) is 47.8 Å². The molecule has 164 valence electrons. The van der Waals surface area contributed by atoms with Crippen LogP contribution >= 0.6 is 0 Å². The lowest BCUT2D eigenvalue weighted by Crippen LogP contribution is -2.58. The molecule has 1 saturated heterocycles. The van der Waals surface area contributed by atoms with E-state index in [0.29, 0.717) is 36.5 Å². The number of aliphatic imine (C=N–C) groups is 1. The van der Waals surface area contributed by atoms with E-state index in [1.165, 1.54) is 19.1 Å². The molecule has 2 aliphatic heterocycles. The zero-order valence-electron chi connectivity index (χ0n) is 17.8. The van der Waals surface area contributed by atoms with Crippen LogP contribution in [0.2, 0.25) is 0 Å². The summed E-state index contributed by atoms with van der Waals surface area (Å²) in [6.45, 7) is 4.78. The van der Waals surface area contributed by atoms with Crippen LogP contribution in [0.4, 0.5) is 15.9 Å².